The highest BCUT2D eigenvalue weighted by Crippen LogP contribution is 2.36. The van der Waals surface area contributed by atoms with Crippen LogP contribution in [0.5, 0.6) is 0 Å². The highest BCUT2D eigenvalue weighted by atomic mass is 16.2. The molecule has 2 aromatic carbocycles. The topological polar surface area (TPSA) is 48.5 Å². The van der Waals surface area contributed by atoms with E-state index in [0.29, 0.717) is 12.1 Å². The number of fused-ring (bicyclic) bond motifs is 3. The first-order chi connectivity index (χ1) is 16.8. The molecule has 2 aliphatic heterocycles. The Hall–Kier alpha value is -2.92. The first kappa shape index (κ1) is 21.6. The van der Waals surface area contributed by atoms with Crippen molar-refractivity contribution in [1.82, 2.24) is 15.2 Å². The molecule has 5 nitrogen and oxygen atoms in total. The Morgan fingerprint density at radius 3 is 2.41 bits per heavy atom. The summed E-state index contributed by atoms with van der Waals surface area (Å²) in [5.74, 6) is 0.469. The lowest BCUT2D eigenvalue weighted by atomic mass is 9.84. The average Bonchev–Trinajstić information content (AvgIpc) is 3.07. The van der Waals surface area contributed by atoms with Crippen LogP contribution in [0.4, 0.5) is 5.69 Å². The van der Waals surface area contributed by atoms with Crippen LogP contribution in [0.25, 0.3) is 10.8 Å². The molecule has 5 heteroatoms. The van der Waals surface area contributed by atoms with E-state index < -0.39 is 0 Å². The van der Waals surface area contributed by atoms with E-state index in [9.17, 15) is 4.79 Å². The molecule has 1 aliphatic carbocycles. The van der Waals surface area contributed by atoms with Crippen LogP contribution in [0, 0.1) is 5.92 Å². The summed E-state index contributed by atoms with van der Waals surface area (Å²) in [6.07, 6.45) is 10.8. The highest BCUT2D eigenvalue weighted by molar-refractivity contribution is 5.93. The summed E-state index contributed by atoms with van der Waals surface area (Å²) < 4.78 is 0. The molecule has 1 saturated carbocycles. The second kappa shape index (κ2) is 9.38. The number of nitrogens with zero attached hydrogens (tertiary/aromatic N) is 3. The van der Waals surface area contributed by atoms with Crippen molar-refractivity contribution in [3.05, 3.63) is 72.6 Å². The molecular weight excluding hydrogens is 420 g/mol. The third-order valence-electron chi connectivity index (χ3n) is 8.29. The van der Waals surface area contributed by atoms with Gasteiger partial charge in [0.25, 0.3) is 0 Å². The zero-order chi connectivity index (χ0) is 22.9. The standard InChI is InChI=1S/C29H34N4O/c34-29(22-10-6-11-22)31-27(21-7-2-1-3-8-21)15-16-33-24-13-14-25(33)20-32(19-24)28-18-30-17-23-9-4-5-12-26(23)28/h1-5,7-9,12,17-18,22,24-25,27H,6,10-11,13-16,19-20H2,(H,31,34). The van der Waals surface area contributed by atoms with E-state index >= 15 is 0 Å². The molecule has 34 heavy (non-hydrogen) atoms. The molecule has 2 saturated heterocycles. The molecule has 3 fully saturated rings. The molecule has 3 heterocycles. The smallest absolute Gasteiger partial charge is 0.223 e. The zero-order valence-corrected chi connectivity index (χ0v) is 19.8. The normalized spacial score (nSPS) is 23.6. The molecule has 3 atom stereocenters. The number of pyridine rings is 1. The second-order valence-electron chi connectivity index (χ2n) is 10.3. The van der Waals surface area contributed by atoms with E-state index in [2.05, 4.69) is 74.7 Å². The first-order valence-electron chi connectivity index (χ1n) is 12.9. The van der Waals surface area contributed by atoms with Crippen LogP contribution < -0.4 is 10.2 Å². The quantitative estimate of drug-likeness (QED) is 0.550. The van der Waals surface area contributed by atoms with Gasteiger partial charge in [0, 0.05) is 54.6 Å². The number of carbonyl (C=O) groups is 1. The van der Waals surface area contributed by atoms with Crippen molar-refractivity contribution in [2.24, 2.45) is 5.92 Å². The summed E-state index contributed by atoms with van der Waals surface area (Å²) in [6, 6.07) is 20.3. The monoisotopic (exact) mass is 454 g/mol. The molecular formula is C29H34N4O. The fraction of sp³-hybridized carbons (Fsp3) is 0.448. The molecule has 3 aliphatic rings. The van der Waals surface area contributed by atoms with Gasteiger partial charge in [0.2, 0.25) is 5.91 Å². The van der Waals surface area contributed by atoms with Crippen LogP contribution in [-0.2, 0) is 4.79 Å². The number of hydrogen-bond donors (Lipinski definition) is 1. The number of hydrogen-bond acceptors (Lipinski definition) is 4. The van der Waals surface area contributed by atoms with Gasteiger partial charge in [0.05, 0.1) is 17.9 Å². The van der Waals surface area contributed by atoms with Gasteiger partial charge in [-0.1, -0.05) is 61.0 Å². The lowest BCUT2D eigenvalue weighted by molar-refractivity contribution is -0.128. The van der Waals surface area contributed by atoms with Crippen LogP contribution in [0.2, 0.25) is 0 Å². The number of aromatic nitrogens is 1. The maximum absolute atomic E-state index is 12.8. The number of amides is 1. The lowest BCUT2D eigenvalue weighted by Gasteiger charge is -2.43. The fourth-order valence-electron chi connectivity index (χ4n) is 6.15. The van der Waals surface area contributed by atoms with Crippen molar-refractivity contribution in [3.63, 3.8) is 0 Å². The fourth-order valence-corrected chi connectivity index (χ4v) is 6.15. The predicted molar refractivity (Wildman–Crippen MR) is 137 cm³/mol. The lowest BCUT2D eigenvalue weighted by Crippen LogP contribution is -2.54. The number of benzene rings is 2. The maximum Gasteiger partial charge on any atom is 0.223 e. The van der Waals surface area contributed by atoms with Crippen molar-refractivity contribution >= 4 is 22.4 Å². The van der Waals surface area contributed by atoms with Gasteiger partial charge < -0.3 is 10.2 Å². The Kier molecular flexibility index (Phi) is 5.96. The molecule has 2 bridgehead atoms. The van der Waals surface area contributed by atoms with Crippen molar-refractivity contribution in [2.75, 3.05) is 24.5 Å². The molecule has 1 N–H and O–H groups in total. The van der Waals surface area contributed by atoms with Gasteiger partial charge in [0.15, 0.2) is 0 Å². The molecule has 6 rings (SSSR count). The van der Waals surface area contributed by atoms with Crippen molar-refractivity contribution in [3.8, 4) is 0 Å². The van der Waals surface area contributed by atoms with Crippen molar-refractivity contribution in [2.45, 2.75) is 56.7 Å². The van der Waals surface area contributed by atoms with Gasteiger partial charge in [-0.05, 0) is 37.7 Å². The van der Waals surface area contributed by atoms with E-state index in [-0.39, 0.29) is 17.9 Å². The minimum Gasteiger partial charge on any atom is -0.367 e. The van der Waals surface area contributed by atoms with E-state index in [4.69, 9.17) is 0 Å². The minimum absolute atomic E-state index is 0.0917. The summed E-state index contributed by atoms with van der Waals surface area (Å²) in [6.45, 7) is 3.13. The number of nitrogens with one attached hydrogen (secondary N) is 1. The Morgan fingerprint density at radius 1 is 0.941 bits per heavy atom. The molecule has 1 amide bonds. The number of rotatable bonds is 7. The minimum atomic E-state index is 0.0917. The summed E-state index contributed by atoms with van der Waals surface area (Å²) in [5, 5.41) is 5.91. The largest absolute Gasteiger partial charge is 0.367 e. The van der Waals surface area contributed by atoms with Crippen molar-refractivity contribution < 1.29 is 4.79 Å². The Morgan fingerprint density at radius 2 is 1.68 bits per heavy atom. The Balaban J connectivity index is 1.15. The van der Waals surface area contributed by atoms with Gasteiger partial charge >= 0.3 is 0 Å². The van der Waals surface area contributed by atoms with E-state index in [1.54, 1.807) is 0 Å². The number of piperazine rings is 1. The van der Waals surface area contributed by atoms with Gasteiger partial charge in [-0.3, -0.25) is 14.7 Å². The van der Waals surface area contributed by atoms with Crippen LogP contribution in [0.1, 0.15) is 50.1 Å². The van der Waals surface area contributed by atoms with E-state index in [0.717, 1.165) is 38.9 Å². The van der Waals surface area contributed by atoms with Gasteiger partial charge in [0.1, 0.15) is 0 Å². The Labute approximate surface area is 202 Å². The molecule has 1 aromatic heterocycles. The van der Waals surface area contributed by atoms with Crippen molar-refractivity contribution in [1.29, 1.82) is 0 Å². The second-order valence-corrected chi connectivity index (χ2v) is 10.3. The summed E-state index contributed by atoms with van der Waals surface area (Å²) in [5.41, 5.74) is 2.49. The van der Waals surface area contributed by atoms with Gasteiger partial charge in [-0.25, -0.2) is 0 Å². The molecule has 176 valence electrons. The van der Waals surface area contributed by atoms with Crippen LogP contribution in [0.15, 0.2) is 67.0 Å². The van der Waals surface area contributed by atoms with E-state index in [1.165, 1.54) is 41.3 Å². The zero-order valence-electron chi connectivity index (χ0n) is 19.8. The summed E-state index contributed by atoms with van der Waals surface area (Å²) in [4.78, 5) is 22.6. The maximum atomic E-state index is 12.8. The third kappa shape index (κ3) is 4.18. The van der Waals surface area contributed by atoms with Gasteiger partial charge in [-0.2, -0.15) is 0 Å². The van der Waals surface area contributed by atoms with E-state index in [1.807, 2.05) is 12.4 Å². The molecule has 0 radical (unpaired) electrons. The van der Waals surface area contributed by atoms with Crippen LogP contribution in [0.3, 0.4) is 0 Å². The highest BCUT2D eigenvalue weighted by Gasteiger charge is 2.40. The first-order valence-corrected chi connectivity index (χ1v) is 12.9. The Bertz CT molecular complexity index is 1130. The van der Waals surface area contributed by atoms with Gasteiger partial charge in [-0.15, -0.1) is 0 Å². The predicted octanol–water partition coefficient (Wildman–Crippen LogP) is 4.94. The molecule has 3 aromatic rings. The molecule has 3 unspecified atom stereocenters. The third-order valence-corrected chi connectivity index (χ3v) is 8.29. The number of anilines is 1. The summed E-state index contributed by atoms with van der Waals surface area (Å²) in [7, 11) is 0. The van der Waals surface area contributed by atoms with Crippen LogP contribution in [-0.4, -0.2) is 47.5 Å². The number of carbonyl (C=O) groups excluding carboxylic acids is 1. The average molecular weight is 455 g/mol. The van der Waals surface area contributed by atoms with Crippen LogP contribution >= 0.6 is 0 Å². The molecule has 0 spiro atoms. The summed E-state index contributed by atoms with van der Waals surface area (Å²) >= 11 is 0. The SMILES string of the molecule is O=C(NC(CCN1C2CCC1CN(c1cncc3ccccc13)C2)c1ccccc1)C1CCC1.